The van der Waals surface area contributed by atoms with E-state index in [1.165, 1.54) is 16.9 Å². The smallest absolute Gasteiger partial charge is 0.259 e. The van der Waals surface area contributed by atoms with E-state index in [0.717, 1.165) is 35.3 Å². The Kier molecular flexibility index (Phi) is 5.13. The van der Waals surface area contributed by atoms with Crippen molar-refractivity contribution in [3.8, 4) is 0 Å². The molecule has 0 aliphatic heterocycles. The van der Waals surface area contributed by atoms with Crippen molar-refractivity contribution in [1.29, 1.82) is 0 Å². The molecule has 3 aromatic heterocycles. The molecule has 0 unspecified atom stereocenters. The van der Waals surface area contributed by atoms with E-state index in [9.17, 15) is 9.59 Å². The van der Waals surface area contributed by atoms with Crippen LogP contribution in [0.4, 0.5) is 11.6 Å². The van der Waals surface area contributed by atoms with Gasteiger partial charge in [0.25, 0.3) is 5.56 Å². The number of aromatic amines is 1. The zero-order valence-corrected chi connectivity index (χ0v) is 16.9. The summed E-state index contributed by atoms with van der Waals surface area (Å²) in [4.78, 5) is 40.7. The van der Waals surface area contributed by atoms with Gasteiger partial charge in [-0.05, 0) is 43.4 Å². The van der Waals surface area contributed by atoms with Crippen molar-refractivity contribution in [3.63, 3.8) is 0 Å². The van der Waals surface area contributed by atoms with Gasteiger partial charge >= 0.3 is 0 Å². The number of aromatic nitrogens is 3. The average molecular weight is 398 g/mol. The number of carbonyl (C=O) groups is 1. The number of nitrogens with zero attached hydrogens (tertiary/aromatic N) is 3. The lowest BCUT2D eigenvalue weighted by atomic mass is 9.97. The molecule has 0 saturated carbocycles. The van der Waals surface area contributed by atoms with Crippen LogP contribution < -0.4 is 15.8 Å². The summed E-state index contributed by atoms with van der Waals surface area (Å²) in [5.41, 5.74) is 1.09. The third-order valence-corrected chi connectivity index (χ3v) is 6.11. The summed E-state index contributed by atoms with van der Waals surface area (Å²) < 4.78 is 0. The van der Waals surface area contributed by atoms with Gasteiger partial charge in [-0.1, -0.05) is 6.07 Å². The number of amides is 1. The molecule has 1 aliphatic rings. The summed E-state index contributed by atoms with van der Waals surface area (Å²) in [5, 5.41) is 3.55. The van der Waals surface area contributed by atoms with Gasteiger partial charge in [-0.25, -0.2) is 9.97 Å². The second kappa shape index (κ2) is 7.71. The van der Waals surface area contributed by atoms with Gasteiger partial charge < -0.3 is 15.2 Å². The number of hydrogen-bond acceptors (Lipinski definition) is 6. The number of carbonyl (C=O) groups excluding carboxylic acids is 1. The lowest BCUT2D eigenvalue weighted by Crippen LogP contribution is -2.18. The highest BCUT2D eigenvalue weighted by molar-refractivity contribution is 7.18. The Balaban J connectivity index is 1.46. The fourth-order valence-corrected chi connectivity index (χ4v) is 4.79. The molecule has 8 heteroatoms. The van der Waals surface area contributed by atoms with Crippen LogP contribution in [0.2, 0.25) is 0 Å². The van der Waals surface area contributed by atoms with E-state index >= 15 is 0 Å². The minimum atomic E-state index is -0.156. The zero-order chi connectivity index (χ0) is 19.7. The third kappa shape index (κ3) is 3.77. The molecule has 1 aliphatic carbocycles. The van der Waals surface area contributed by atoms with Crippen molar-refractivity contribution in [2.24, 2.45) is 0 Å². The topological polar surface area (TPSA) is 91.0 Å². The maximum atomic E-state index is 12.6. The Morgan fingerprint density at radius 1 is 1.25 bits per heavy atom. The summed E-state index contributed by atoms with van der Waals surface area (Å²) in [6, 6.07) is 5.48. The molecule has 28 heavy (non-hydrogen) atoms. The van der Waals surface area contributed by atoms with Gasteiger partial charge in [0.15, 0.2) is 0 Å². The lowest BCUT2D eigenvalue weighted by Gasteiger charge is -2.12. The maximum absolute atomic E-state index is 12.6. The van der Waals surface area contributed by atoms with Crippen LogP contribution in [0.3, 0.4) is 0 Å². The van der Waals surface area contributed by atoms with Gasteiger partial charge in [0.05, 0.1) is 5.39 Å². The van der Waals surface area contributed by atoms with Crippen molar-refractivity contribution in [1.82, 2.24) is 15.0 Å². The van der Waals surface area contributed by atoms with E-state index in [4.69, 9.17) is 0 Å². The number of nitrogens with one attached hydrogen (secondary N) is 2. The highest BCUT2D eigenvalue weighted by Gasteiger charge is 2.19. The van der Waals surface area contributed by atoms with Gasteiger partial charge in [0, 0.05) is 31.8 Å². The van der Waals surface area contributed by atoms with E-state index < -0.39 is 0 Å². The molecule has 3 heterocycles. The summed E-state index contributed by atoms with van der Waals surface area (Å²) in [6.07, 6.45) is 4.91. The van der Waals surface area contributed by atoms with Crippen molar-refractivity contribution in [2.75, 3.05) is 24.3 Å². The Morgan fingerprint density at radius 3 is 2.89 bits per heavy atom. The van der Waals surface area contributed by atoms with Crippen LogP contribution in [-0.4, -0.2) is 35.0 Å². The first-order valence-electron chi connectivity index (χ1n) is 9.49. The lowest BCUT2D eigenvalue weighted by molar-refractivity contribution is -0.116. The molecule has 7 nitrogen and oxygen atoms in total. The molecular weight excluding hydrogens is 374 g/mol. The molecule has 146 valence electrons. The number of hydrogen-bond donors (Lipinski definition) is 2. The first kappa shape index (κ1) is 18.6. The standard InChI is InChI=1S/C20H23N5O2S/c1-25(2)16-9-5-8-14(21-16)22-17(26)11-10-15-23-19(27)18-12-6-3-4-7-13(12)28-20(18)24-15/h5,8-9H,3-4,6-7,10-11H2,1-2H3,(H,21,22,26)(H,23,24,27). The molecule has 0 saturated heterocycles. The van der Waals surface area contributed by atoms with Crippen molar-refractivity contribution in [2.45, 2.75) is 38.5 Å². The molecule has 2 N–H and O–H groups in total. The monoisotopic (exact) mass is 397 g/mol. The fraction of sp³-hybridized carbons (Fsp3) is 0.400. The van der Waals surface area contributed by atoms with Crippen LogP contribution in [0.5, 0.6) is 0 Å². The predicted octanol–water partition coefficient (Wildman–Crippen LogP) is 2.90. The second-order valence-corrected chi connectivity index (χ2v) is 8.31. The molecule has 0 radical (unpaired) electrons. The Hall–Kier alpha value is -2.74. The van der Waals surface area contributed by atoms with E-state index in [1.54, 1.807) is 17.4 Å². The minimum absolute atomic E-state index is 0.0832. The number of pyridine rings is 1. The number of thiophene rings is 1. The number of fused-ring (bicyclic) bond motifs is 3. The molecule has 0 aromatic carbocycles. The summed E-state index contributed by atoms with van der Waals surface area (Å²) in [5.74, 6) is 1.69. The molecule has 0 fully saturated rings. The van der Waals surface area contributed by atoms with Crippen molar-refractivity contribution >= 4 is 39.1 Å². The summed E-state index contributed by atoms with van der Waals surface area (Å²) in [6.45, 7) is 0. The quantitative estimate of drug-likeness (QED) is 0.691. The molecule has 4 rings (SSSR count). The van der Waals surface area contributed by atoms with E-state index in [-0.39, 0.29) is 17.9 Å². The normalized spacial score (nSPS) is 13.4. The van der Waals surface area contributed by atoms with Gasteiger partial charge in [-0.3, -0.25) is 9.59 Å². The maximum Gasteiger partial charge on any atom is 0.259 e. The highest BCUT2D eigenvalue weighted by atomic mass is 32.1. The Morgan fingerprint density at radius 2 is 2.07 bits per heavy atom. The van der Waals surface area contributed by atoms with Crippen LogP contribution >= 0.6 is 11.3 Å². The molecule has 0 atom stereocenters. The average Bonchev–Trinajstić information content (AvgIpc) is 3.05. The minimum Gasteiger partial charge on any atom is -0.363 e. The summed E-state index contributed by atoms with van der Waals surface area (Å²) >= 11 is 1.62. The molecular formula is C20H23N5O2S. The first-order valence-corrected chi connectivity index (χ1v) is 10.3. The fourth-order valence-electron chi connectivity index (χ4n) is 3.51. The Labute approximate surface area is 166 Å². The largest absolute Gasteiger partial charge is 0.363 e. The van der Waals surface area contributed by atoms with Crippen LogP contribution in [0, 0.1) is 0 Å². The third-order valence-electron chi connectivity index (χ3n) is 4.92. The van der Waals surface area contributed by atoms with Crippen LogP contribution in [0.15, 0.2) is 23.0 Å². The number of rotatable bonds is 5. The van der Waals surface area contributed by atoms with Gasteiger partial charge in [0.2, 0.25) is 5.91 Å². The number of aryl methyl sites for hydroxylation is 3. The van der Waals surface area contributed by atoms with Crippen molar-refractivity contribution < 1.29 is 4.79 Å². The van der Waals surface area contributed by atoms with Crippen LogP contribution in [-0.2, 0) is 24.1 Å². The highest BCUT2D eigenvalue weighted by Crippen LogP contribution is 2.33. The molecule has 1 amide bonds. The van der Waals surface area contributed by atoms with Gasteiger partial charge in [-0.15, -0.1) is 11.3 Å². The van der Waals surface area contributed by atoms with Crippen molar-refractivity contribution in [3.05, 3.63) is 44.8 Å². The van der Waals surface area contributed by atoms with E-state index in [0.29, 0.717) is 18.1 Å². The SMILES string of the molecule is CN(C)c1cccc(NC(=O)CCc2nc3sc4c(c3c(=O)[nH]2)CCCC4)n1. The molecule has 0 bridgehead atoms. The van der Waals surface area contributed by atoms with E-state index in [1.807, 2.05) is 31.1 Å². The van der Waals surface area contributed by atoms with Gasteiger partial charge in [0.1, 0.15) is 22.3 Å². The Bertz CT molecular complexity index is 1090. The van der Waals surface area contributed by atoms with Crippen LogP contribution in [0.1, 0.15) is 35.5 Å². The van der Waals surface area contributed by atoms with Gasteiger partial charge in [-0.2, -0.15) is 0 Å². The zero-order valence-electron chi connectivity index (χ0n) is 16.0. The summed E-state index contributed by atoms with van der Waals surface area (Å²) in [7, 11) is 3.79. The van der Waals surface area contributed by atoms with E-state index in [2.05, 4.69) is 20.3 Å². The second-order valence-electron chi connectivity index (χ2n) is 7.23. The first-order chi connectivity index (χ1) is 13.5. The predicted molar refractivity (Wildman–Crippen MR) is 112 cm³/mol. The molecule has 3 aromatic rings. The molecule has 0 spiro atoms. The number of anilines is 2. The van der Waals surface area contributed by atoms with Crippen LogP contribution in [0.25, 0.3) is 10.2 Å². The number of H-pyrrole nitrogens is 1.